The number of nitrogens with two attached hydrogens (primary N) is 1. The van der Waals surface area contributed by atoms with E-state index in [4.69, 9.17) is 5.73 Å². The first kappa shape index (κ1) is 11.1. The van der Waals surface area contributed by atoms with Crippen LogP contribution in [0.2, 0.25) is 0 Å². The van der Waals surface area contributed by atoms with E-state index in [2.05, 4.69) is 20.6 Å². The zero-order valence-corrected chi connectivity index (χ0v) is 9.08. The zero-order chi connectivity index (χ0) is 12.1. The molecule has 1 amide bonds. The van der Waals surface area contributed by atoms with E-state index in [1.807, 2.05) is 0 Å². The number of hydrogen-bond donors (Lipinski definition) is 2. The second-order valence-electron chi connectivity index (χ2n) is 3.43. The molecule has 0 bridgehead atoms. The summed E-state index contributed by atoms with van der Waals surface area (Å²) >= 11 is 0. The summed E-state index contributed by atoms with van der Waals surface area (Å²) in [4.78, 5) is 11.5. The minimum atomic E-state index is -0.154. The fourth-order valence-electron chi connectivity index (χ4n) is 1.29. The van der Waals surface area contributed by atoms with Gasteiger partial charge < -0.3 is 11.1 Å². The summed E-state index contributed by atoms with van der Waals surface area (Å²) in [6.07, 6.45) is 3.23. The van der Waals surface area contributed by atoms with Crippen LogP contribution in [-0.2, 0) is 17.9 Å². The average molecular weight is 232 g/mol. The molecule has 7 heteroatoms. The van der Waals surface area contributed by atoms with Crippen molar-refractivity contribution < 1.29 is 4.79 Å². The smallest absolute Gasteiger partial charge is 0.242 e. The number of carbonyl (C=O) groups excluding carboxylic acids is 1. The number of nitrogens with zero attached hydrogens (tertiary/aromatic N) is 4. The Morgan fingerprint density at radius 3 is 3.00 bits per heavy atom. The third-order valence-corrected chi connectivity index (χ3v) is 2.06. The molecule has 2 rings (SSSR count). The van der Waals surface area contributed by atoms with Gasteiger partial charge in [0.05, 0.1) is 12.2 Å². The molecule has 88 valence electrons. The van der Waals surface area contributed by atoms with Gasteiger partial charge in [0.2, 0.25) is 5.91 Å². The summed E-state index contributed by atoms with van der Waals surface area (Å²) in [5, 5.41) is 14.2. The fraction of sp³-hybridized carbons (Fsp3) is 0.200. The fourth-order valence-corrected chi connectivity index (χ4v) is 1.29. The van der Waals surface area contributed by atoms with Crippen molar-refractivity contribution in [1.82, 2.24) is 25.3 Å². The molecule has 17 heavy (non-hydrogen) atoms. The van der Waals surface area contributed by atoms with Crippen molar-refractivity contribution in [2.75, 3.05) is 5.73 Å². The molecule has 0 unspecified atom stereocenters. The van der Waals surface area contributed by atoms with Gasteiger partial charge in [-0.15, -0.1) is 0 Å². The highest BCUT2D eigenvalue weighted by Crippen LogP contribution is 1.95. The van der Waals surface area contributed by atoms with Crippen LogP contribution in [0.4, 0.5) is 5.82 Å². The van der Waals surface area contributed by atoms with E-state index in [-0.39, 0.29) is 12.5 Å². The summed E-state index contributed by atoms with van der Waals surface area (Å²) < 4.78 is 1.47. The van der Waals surface area contributed by atoms with Crippen LogP contribution in [0.25, 0.3) is 0 Å². The van der Waals surface area contributed by atoms with E-state index in [1.165, 1.54) is 4.68 Å². The third-order valence-electron chi connectivity index (χ3n) is 2.06. The molecule has 2 heterocycles. The lowest BCUT2D eigenvalue weighted by molar-refractivity contribution is -0.122. The van der Waals surface area contributed by atoms with E-state index in [0.29, 0.717) is 18.1 Å². The maximum Gasteiger partial charge on any atom is 0.242 e. The van der Waals surface area contributed by atoms with Crippen molar-refractivity contribution in [1.29, 1.82) is 0 Å². The predicted molar refractivity (Wildman–Crippen MR) is 60.5 cm³/mol. The van der Waals surface area contributed by atoms with Crippen LogP contribution in [0.15, 0.2) is 30.6 Å². The Hall–Kier alpha value is -2.44. The molecule has 0 aliphatic carbocycles. The Bertz CT molecular complexity index is 495. The van der Waals surface area contributed by atoms with E-state index < -0.39 is 0 Å². The predicted octanol–water partition coefficient (Wildman–Crippen LogP) is -0.428. The van der Waals surface area contributed by atoms with Gasteiger partial charge in [0.25, 0.3) is 0 Å². The standard InChI is InChI=1S/C10H12N6O/c11-9-3-5-16(15-9)7-10(17)12-6-8-2-1-4-13-14-8/h1-5H,6-7H2,(H2,11,15)(H,12,17). The lowest BCUT2D eigenvalue weighted by Crippen LogP contribution is -2.27. The van der Waals surface area contributed by atoms with Crippen molar-refractivity contribution >= 4 is 11.7 Å². The maximum absolute atomic E-state index is 11.5. The van der Waals surface area contributed by atoms with Crippen LogP contribution < -0.4 is 11.1 Å². The van der Waals surface area contributed by atoms with Crippen LogP contribution in [0.3, 0.4) is 0 Å². The Kier molecular flexibility index (Phi) is 3.29. The molecule has 2 aromatic rings. The van der Waals surface area contributed by atoms with Gasteiger partial charge in [-0.05, 0) is 18.2 Å². The summed E-state index contributed by atoms with van der Waals surface area (Å²) in [5.74, 6) is 0.241. The molecule has 0 saturated heterocycles. The second-order valence-corrected chi connectivity index (χ2v) is 3.43. The number of carbonyl (C=O) groups is 1. The molecule has 0 aromatic carbocycles. The van der Waals surface area contributed by atoms with Crippen LogP contribution >= 0.6 is 0 Å². The van der Waals surface area contributed by atoms with Gasteiger partial charge in [0.1, 0.15) is 12.4 Å². The Balaban J connectivity index is 1.82. The summed E-state index contributed by atoms with van der Waals surface area (Å²) in [6, 6.07) is 5.19. The molecule has 3 N–H and O–H groups in total. The van der Waals surface area contributed by atoms with E-state index in [9.17, 15) is 4.79 Å². The lowest BCUT2D eigenvalue weighted by atomic mass is 10.4. The minimum Gasteiger partial charge on any atom is -0.382 e. The quantitative estimate of drug-likeness (QED) is 0.745. The third kappa shape index (κ3) is 3.26. The van der Waals surface area contributed by atoms with Crippen LogP contribution in [0, 0.1) is 0 Å². The largest absolute Gasteiger partial charge is 0.382 e. The highest BCUT2D eigenvalue weighted by Gasteiger charge is 2.04. The van der Waals surface area contributed by atoms with Crippen molar-refractivity contribution in [2.45, 2.75) is 13.1 Å². The molecule has 0 radical (unpaired) electrons. The highest BCUT2D eigenvalue weighted by atomic mass is 16.2. The van der Waals surface area contributed by atoms with Crippen LogP contribution in [-0.4, -0.2) is 25.9 Å². The second kappa shape index (κ2) is 5.06. The van der Waals surface area contributed by atoms with Crippen molar-refractivity contribution in [3.8, 4) is 0 Å². The van der Waals surface area contributed by atoms with E-state index in [1.54, 1.807) is 30.6 Å². The highest BCUT2D eigenvalue weighted by molar-refractivity contribution is 5.75. The van der Waals surface area contributed by atoms with Gasteiger partial charge >= 0.3 is 0 Å². The normalized spacial score (nSPS) is 10.1. The average Bonchev–Trinajstić information content (AvgIpc) is 2.73. The van der Waals surface area contributed by atoms with Gasteiger partial charge in [0.15, 0.2) is 0 Å². The number of nitrogen functional groups attached to an aromatic ring is 1. The molecule has 0 fully saturated rings. The number of nitrogens with one attached hydrogen (secondary N) is 1. The minimum absolute atomic E-state index is 0.136. The van der Waals surface area contributed by atoms with Gasteiger partial charge in [0, 0.05) is 12.4 Å². The molecular formula is C10H12N6O. The molecule has 0 atom stereocenters. The Morgan fingerprint density at radius 1 is 1.47 bits per heavy atom. The van der Waals surface area contributed by atoms with Gasteiger partial charge in [-0.2, -0.15) is 15.3 Å². The van der Waals surface area contributed by atoms with Gasteiger partial charge in [-0.25, -0.2) is 0 Å². The van der Waals surface area contributed by atoms with Gasteiger partial charge in [-0.3, -0.25) is 9.48 Å². The van der Waals surface area contributed by atoms with Crippen molar-refractivity contribution in [3.05, 3.63) is 36.3 Å². The first-order valence-electron chi connectivity index (χ1n) is 5.06. The van der Waals surface area contributed by atoms with E-state index >= 15 is 0 Å². The molecular weight excluding hydrogens is 220 g/mol. The molecule has 2 aromatic heterocycles. The van der Waals surface area contributed by atoms with Crippen molar-refractivity contribution in [3.63, 3.8) is 0 Å². The first-order valence-corrected chi connectivity index (χ1v) is 5.06. The van der Waals surface area contributed by atoms with Crippen LogP contribution in [0.1, 0.15) is 5.69 Å². The monoisotopic (exact) mass is 232 g/mol. The zero-order valence-electron chi connectivity index (χ0n) is 9.08. The number of rotatable bonds is 4. The first-order chi connectivity index (χ1) is 8.24. The number of hydrogen-bond acceptors (Lipinski definition) is 5. The molecule has 0 aliphatic rings. The van der Waals surface area contributed by atoms with Gasteiger partial charge in [-0.1, -0.05) is 0 Å². The molecule has 7 nitrogen and oxygen atoms in total. The number of amides is 1. The summed E-state index contributed by atoms with van der Waals surface area (Å²) in [5.41, 5.74) is 6.15. The Morgan fingerprint density at radius 2 is 2.35 bits per heavy atom. The lowest BCUT2D eigenvalue weighted by Gasteiger charge is -2.04. The van der Waals surface area contributed by atoms with E-state index in [0.717, 1.165) is 0 Å². The van der Waals surface area contributed by atoms with Crippen LogP contribution in [0.5, 0.6) is 0 Å². The summed E-state index contributed by atoms with van der Waals surface area (Å²) in [6.45, 7) is 0.487. The Labute approximate surface area is 97.6 Å². The number of anilines is 1. The SMILES string of the molecule is Nc1ccn(CC(=O)NCc2cccnn2)n1. The topological polar surface area (TPSA) is 98.7 Å². The maximum atomic E-state index is 11.5. The molecule has 0 spiro atoms. The summed E-state index contributed by atoms with van der Waals surface area (Å²) in [7, 11) is 0. The van der Waals surface area contributed by atoms with Crippen molar-refractivity contribution in [2.24, 2.45) is 0 Å². The molecule has 0 aliphatic heterocycles. The molecule has 0 saturated carbocycles. The number of aromatic nitrogens is 4.